The lowest BCUT2D eigenvalue weighted by Gasteiger charge is -2.41. The molecule has 1 saturated heterocycles. The van der Waals surface area contributed by atoms with Gasteiger partial charge in [0.2, 0.25) is 5.91 Å². The molecule has 0 radical (unpaired) electrons. The smallest absolute Gasteiger partial charge is 0.394 e. The Morgan fingerprint density at radius 3 is 1.67 bits per heavy atom. The van der Waals surface area contributed by atoms with Crippen LogP contribution in [0.4, 0.5) is 0 Å². The number of allylic oxidation sites excluding steroid dienone is 2. The summed E-state index contributed by atoms with van der Waals surface area (Å²) in [6.45, 7) is 3.38. The highest BCUT2D eigenvalue weighted by atomic mass is 32.3. The van der Waals surface area contributed by atoms with Gasteiger partial charge in [-0.3, -0.25) is 9.35 Å². The average molecular weight is 794 g/mol. The highest BCUT2D eigenvalue weighted by Gasteiger charge is 2.48. The summed E-state index contributed by atoms with van der Waals surface area (Å²) in [5.41, 5.74) is 0. The first-order valence-electron chi connectivity index (χ1n) is 21.6. The molecule has 7 atom stereocenters. The summed E-state index contributed by atoms with van der Waals surface area (Å²) in [6, 6.07) is -0.867. The second-order valence-electron chi connectivity index (χ2n) is 15.3. The molecule has 0 aromatic carbocycles. The van der Waals surface area contributed by atoms with Crippen molar-refractivity contribution in [2.45, 2.75) is 230 Å². The van der Waals surface area contributed by atoms with Crippen LogP contribution in [0.5, 0.6) is 0 Å². The summed E-state index contributed by atoms with van der Waals surface area (Å²) in [6.07, 6.45) is 25.2. The third-order valence-corrected chi connectivity index (χ3v) is 10.8. The Balaban J connectivity index is 2.50. The Morgan fingerprint density at radius 1 is 0.722 bits per heavy atom. The van der Waals surface area contributed by atoms with E-state index in [1.807, 2.05) is 0 Å². The molecule has 320 valence electrons. The van der Waals surface area contributed by atoms with Crippen LogP contribution < -0.4 is 5.32 Å². The first-order chi connectivity index (χ1) is 26.0. The molecule has 1 amide bonds. The van der Waals surface area contributed by atoms with Gasteiger partial charge in [0.1, 0.15) is 24.4 Å². The van der Waals surface area contributed by atoms with Crippen molar-refractivity contribution in [3.05, 3.63) is 12.2 Å². The number of carbonyl (C=O) groups is 1. The topological polar surface area (TPSA) is 192 Å². The number of nitrogens with one attached hydrogen (secondary N) is 1. The maximum absolute atomic E-state index is 12.9. The molecule has 1 aliphatic heterocycles. The van der Waals surface area contributed by atoms with E-state index in [1.165, 1.54) is 109 Å². The van der Waals surface area contributed by atoms with E-state index < -0.39 is 59.9 Å². The van der Waals surface area contributed by atoms with E-state index in [1.54, 1.807) is 0 Å². The molecule has 0 saturated carbocycles. The second-order valence-corrected chi connectivity index (χ2v) is 16.3. The van der Waals surface area contributed by atoms with E-state index in [0.29, 0.717) is 12.8 Å². The molecule has 0 spiro atoms. The lowest BCUT2D eigenvalue weighted by atomic mass is 9.99. The second kappa shape index (κ2) is 32.9. The quantitative estimate of drug-likeness (QED) is 0.0208. The molecular weight excluding hydrogens is 715 g/mol. The number of aliphatic hydroxyl groups is 4. The van der Waals surface area contributed by atoms with Crippen LogP contribution in [0.1, 0.15) is 187 Å². The molecule has 13 heteroatoms. The molecular formula is C41H79NO11S. The maximum Gasteiger partial charge on any atom is 0.397 e. The van der Waals surface area contributed by atoms with Crippen molar-refractivity contribution in [3.8, 4) is 0 Å². The van der Waals surface area contributed by atoms with Gasteiger partial charge in [-0.2, -0.15) is 8.42 Å². The van der Waals surface area contributed by atoms with E-state index >= 15 is 0 Å². The third kappa shape index (κ3) is 25.9. The monoisotopic (exact) mass is 794 g/mol. The summed E-state index contributed by atoms with van der Waals surface area (Å²) in [5, 5.41) is 44.6. The first kappa shape index (κ1) is 50.9. The normalized spacial score (nSPS) is 21.8. The Kier molecular flexibility index (Phi) is 31.0. The van der Waals surface area contributed by atoms with Gasteiger partial charge in [0.15, 0.2) is 6.29 Å². The van der Waals surface area contributed by atoms with Crippen LogP contribution in [0, 0.1) is 0 Å². The van der Waals surface area contributed by atoms with Crippen molar-refractivity contribution in [3.63, 3.8) is 0 Å². The summed E-state index contributed by atoms with van der Waals surface area (Å²) in [5.74, 6) is -0.266. The van der Waals surface area contributed by atoms with Crippen LogP contribution in [-0.2, 0) is 28.9 Å². The molecule has 1 aliphatic rings. The molecule has 0 bridgehead atoms. The lowest BCUT2D eigenvalue weighted by molar-refractivity contribution is -0.298. The largest absolute Gasteiger partial charge is 0.397 e. The van der Waals surface area contributed by atoms with E-state index in [4.69, 9.17) is 14.0 Å². The van der Waals surface area contributed by atoms with E-state index in [-0.39, 0.29) is 18.9 Å². The zero-order valence-electron chi connectivity index (χ0n) is 33.8. The van der Waals surface area contributed by atoms with Gasteiger partial charge in [0.25, 0.3) is 0 Å². The predicted octanol–water partition coefficient (Wildman–Crippen LogP) is 7.60. The average Bonchev–Trinajstić information content (AvgIpc) is 3.14. The Bertz CT molecular complexity index is 1030. The summed E-state index contributed by atoms with van der Waals surface area (Å²) < 4.78 is 47.5. The van der Waals surface area contributed by atoms with Gasteiger partial charge in [-0.15, -0.1) is 0 Å². The number of amides is 1. The van der Waals surface area contributed by atoms with Crippen molar-refractivity contribution < 1.29 is 51.8 Å². The molecule has 6 N–H and O–H groups in total. The number of aliphatic hydroxyl groups excluding tert-OH is 4. The van der Waals surface area contributed by atoms with Crippen LogP contribution in [-0.4, -0.2) is 95.4 Å². The fourth-order valence-corrected chi connectivity index (χ4v) is 7.44. The van der Waals surface area contributed by atoms with Gasteiger partial charge in [-0.25, -0.2) is 4.18 Å². The molecule has 54 heavy (non-hydrogen) atoms. The molecule has 1 heterocycles. The zero-order valence-corrected chi connectivity index (χ0v) is 34.6. The maximum atomic E-state index is 12.9. The number of hydrogen-bond donors (Lipinski definition) is 6. The van der Waals surface area contributed by atoms with Gasteiger partial charge < -0.3 is 35.2 Å². The highest BCUT2D eigenvalue weighted by molar-refractivity contribution is 7.80. The predicted molar refractivity (Wildman–Crippen MR) is 213 cm³/mol. The molecule has 12 nitrogen and oxygen atoms in total. The fourth-order valence-electron chi connectivity index (χ4n) is 6.93. The van der Waals surface area contributed by atoms with Gasteiger partial charge in [-0.1, -0.05) is 161 Å². The molecule has 7 unspecified atom stereocenters. The lowest BCUT2D eigenvalue weighted by Crippen LogP contribution is -2.61. The standard InChI is InChI=1S/C41H79NO11S/c1-3-5-7-9-11-13-14-15-16-17-18-19-20-21-23-24-26-28-30-35(44)34(42-37(45)31-29-27-25-22-12-10-8-6-4-2)33-51-41-39(47)40(53-54(48,49)50)38(46)36(32-43)52-41/h22,25,34-36,38-41,43-44,46-47H,3-21,23-24,26-33H2,1-2H3,(H,42,45)(H,48,49,50)/b25-22-. The van der Waals surface area contributed by atoms with Gasteiger partial charge in [0.05, 0.1) is 25.4 Å². The minimum absolute atomic E-state index is 0.244. The summed E-state index contributed by atoms with van der Waals surface area (Å²) in [4.78, 5) is 12.9. The number of hydrogen-bond acceptors (Lipinski definition) is 10. The van der Waals surface area contributed by atoms with Crippen LogP contribution in [0.2, 0.25) is 0 Å². The Hall–Kier alpha value is -1.16. The zero-order chi connectivity index (χ0) is 39.9. The molecule has 0 aliphatic carbocycles. The van der Waals surface area contributed by atoms with Crippen LogP contribution in [0.15, 0.2) is 12.2 Å². The summed E-state index contributed by atoms with van der Waals surface area (Å²) in [7, 11) is -5.07. The van der Waals surface area contributed by atoms with Crippen molar-refractivity contribution in [2.24, 2.45) is 0 Å². The van der Waals surface area contributed by atoms with E-state index in [9.17, 15) is 33.6 Å². The van der Waals surface area contributed by atoms with Crippen LogP contribution in [0.25, 0.3) is 0 Å². The van der Waals surface area contributed by atoms with Crippen molar-refractivity contribution in [2.75, 3.05) is 13.2 Å². The number of rotatable bonds is 36. The molecule has 0 aromatic rings. The van der Waals surface area contributed by atoms with Gasteiger partial charge >= 0.3 is 10.4 Å². The van der Waals surface area contributed by atoms with Gasteiger partial charge in [0, 0.05) is 6.42 Å². The number of carbonyl (C=O) groups excluding carboxylic acids is 1. The highest BCUT2D eigenvalue weighted by Crippen LogP contribution is 2.26. The van der Waals surface area contributed by atoms with Crippen LogP contribution in [0.3, 0.4) is 0 Å². The van der Waals surface area contributed by atoms with Crippen molar-refractivity contribution in [1.82, 2.24) is 5.32 Å². The van der Waals surface area contributed by atoms with Crippen LogP contribution >= 0.6 is 0 Å². The van der Waals surface area contributed by atoms with Gasteiger partial charge in [-0.05, 0) is 32.1 Å². The summed E-state index contributed by atoms with van der Waals surface area (Å²) >= 11 is 0. The van der Waals surface area contributed by atoms with E-state index in [2.05, 4.69) is 35.5 Å². The van der Waals surface area contributed by atoms with Crippen molar-refractivity contribution in [1.29, 1.82) is 0 Å². The molecule has 1 fully saturated rings. The molecule has 0 aromatic heterocycles. The SMILES string of the molecule is CCCCCC/C=C\CCCC(=O)NC(COC1OC(CO)C(O)C(OS(=O)(=O)O)C1O)C(O)CCCCCCCCCCCCCCCCCCCC. The first-order valence-corrected chi connectivity index (χ1v) is 22.9. The minimum atomic E-state index is -5.07. The van der Waals surface area contributed by atoms with Crippen molar-refractivity contribution >= 4 is 16.3 Å². The fraction of sp³-hybridized carbons (Fsp3) is 0.927. The number of ether oxygens (including phenoxy) is 2. The Morgan fingerprint density at radius 2 is 1.19 bits per heavy atom. The van der Waals surface area contributed by atoms with E-state index in [0.717, 1.165) is 44.9 Å². The third-order valence-electron chi connectivity index (χ3n) is 10.3. The minimum Gasteiger partial charge on any atom is -0.394 e. The molecule has 1 rings (SSSR count). The Labute approximate surface area is 328 Å². The number of unbranched alkanes of at least 4 members (excludes halogenated alkanes) is 22.